The van der Waals surface area contributed by atoms with Crippen LogP contribution < -0.4 is 9.80 Å². The molecule has 0 aliphatic heterocycles. The smallest absolute Gasteiger partial charge is 0.100 e. The molecule has 3 nitrogen and oxygen atoms in total. The van der Waals surface area contributed by atoms with Gasteiger partial charge in [0.1, 0.15) is 6.07 Å². The molecule has 3 heteroatoms. The van der Waals surface area contributed by atoms with Gasteiger partial charge in [-0.2, -0.15) is 5.26 Å². The molecular weight excluding hydrogens is 655 g/mol. The van der Waals surface area contributed by atoms with E-state index in [2.05, 4.69) is 204 Å². The summed E-state index contributed by atoms with van der Waals surface area (Å²) in [6.07, 6.45) is 8.36. The van der Waals surface area contributed by atoms with E-state index in [1.807, 2.05) is 36.4 Å². The molecule has 0 heterocycles. The van der Waals surface area contributed by atoms with Crippen LogP contribution in [0.4, 0.5) is 34.1 Å². The standard InChI is InChI=1S/C51H37N3/c52-38-51-42(29-23-40-26-34-49(35-27-40)54(46-17-9-3-10-18-46)47-19-11-4-12-20-47)30-31-43-37-41(28-36-50(43)51)22-21-39-24-32-48(33-25-39)53(44-13-5-1-6-14-44)45-15-7-2-8-16-45/h1-37H/b22-21+,29-23-. The second-order valence-electron chi connectivity index (χ2n) is 13.0. The van der Waals surface area contributed by atoms with Crippen LogP contribution in [0, 0.1) is 11.3 Å². The van der Waals surface area contributed by atoms with Gasteiger partial charge in [-0.15, -0.1) is 0 Å². The fourth-order valence-corrected chi connectivity index (χ4v) is 6.78. The predicted molar refractivity (Wildman–Crippen MR) is 229 cm³/mol. The minimum absolute atomic E-state index is 0.673. The van der Waals surface area contributed by atoms with Gasteiger partial charge < -0.3 is 9.80 Å². The summed E-state index contributed by atoms with van der Waals surface area (Å²) in [5, 5.41) is 12.2. The second kappa shape index (κ2) is 15.9. The van der Waals surface area contributed by atoms with Gasteiger partial charge in [-0.25, -0.2) is 0 Å². The van der Waals surface area contributed by atoms with Crippen molar-refractivity contribution in [3.05, 3.63) is 228 Å². The van der Waals surface area contributed by atoms with Crippen LogP contribution in [0.1, 0.15) is 27.8 Å². The number of benzene rings is 8. The Bertz CT molecular complexity index is 2490. The van der Waals surface area contributed by atoms with Crippen molar-refractivity contribution in [1.29, 1.82) is 5.26 Å². The van der Waals surface area contributed by atoms with E-state index in [4.69, 9.17) is 0 Å². The molecule has 0 aliphatic carbocycles. The summed E-state index contributed by atoms with van der Waals surface area (Å²) < 4.78 is 0. The van der Waals surface area contributed by atoms with Gasteiger partial charge in [-0.05, 0) is 107 Å². The Morgan fingerprint density at radius 2 is 0.722 bits per heavy atom. The van der Waals surface area contributed by atoms with Gasteiger partial charge in [0.15, 0.2) is 0 Å². The van der Waals surface area contributed by atoms with Gasteiger partial charge in [0.05, 0.1) is 5.56 Å². The predicted octanol–water partition coefficient (Wildman–Crippen LogP) is 14.0. The number of nitriles is 1. The van der Waals surface area contributed by atoms with Crippen molar-refractivity contribution in [2.75, 3.05) is 9.80 Å². The molecule has 0 atom stereocenters. The van der Waals surface area contributed by atoms with E-state index in [9.17, 15) is 5.26 Å². The van der Waals surface area contributed by atoms with Crippen LogP contribution in [-0.4, -0.2) is 0 Å². The molecule has 0 spiro atoms. The zero-order valence-corrected chi connectivity index (χ0v) is 29.7. The summed E-state index contributed by atoms with van der Waals surface area (Å²) in [6, 6.07) is 71.6. The highest BCUT2D eigenvalue weighted by molar-refractivity contribution is 5.94. The molecule has 8 aromatic carbocycles. The first-order valence-electron chi connectivity index (χ1n) is 18.1. The fraction of sp³-hybridized carbons (Fsp3) is 0. The van der Waals surface area contributed by atoms with Gasteiger partial charge in [0.2, 0.25) is 0 Å². The van der Waals surface area contributed by atoms with Crippen molar-refractivity contribution in [2.24, 2.45) is 0 Å². The number of hydrogen-bond acceptors (Lipinski definition) is 3. The summed E-state index contributed by atoms with van der Waals surface area (Å²) >= 11 is 0. The van der Waals surface area contributed by atoms with Gasteiger partial charge in [-0.3, -0.25) is 0 Å². The molecule has 0 aliphatic rings. The van der Waals surface area contributed by atoms with E-state index in [1.54, 1.807) is 0 Å². The Hall–Kier alpha value is -7.41. The molecule has 0 unspecified atom stereocenters. The number of para-hydroxylation sites is 4. The maximum absolute atomic E-state index is 10.2. The van der Waals surface area contributed by atoms with Crippen molar-refractivity contribution < 1.29 is 0 Å². The normalized spacial score (nSPS) is 11.2. The third-order valence-electron chi connectivity index (χ3n) is 9.47. The molecule has 8 aromatic rings. The van der Waals surface area contributed by atoms with E-state index in [-0.39, 0.29) is 0 Å². The van der Waals surface area contributed by atoms with Crippen LogP contribution in [-0.2, 0) is 0 Å². The summed E-state index contributed by atoms with van der Waals surface area (Å²) in [6.45, 7) is 0. The quantitative estimate of drug-likeness (QED) is 0.134. The Labute approximate surface area is 317 Å². The summed E-state index contributed by atoms with van der Waals surface area (Å²) in [4.78, 5) is 4.51. The Morgan fingerprint density at radius 3 is 1.15 bits per heavy atom. The number of nitrogens with zero attached hydrogens (tertiary/aromatic N) is 3. The van der Waals surface area contributed by atoms with Crippen LogP contribution in [0.15, 0.2) is 200 Å². The molecule has 0 saturated heterocycles. The van der Waals surface area contributed by atoms with Gasteiger partial charge >= 0.3 is 0 Å². The van der Waals surface area contributed by atoms with Crippen molar-refractivity contribution in [3.63, 3.8) is 0 Å². The topological polar surface area (TPSA) is 30.3 Å². The number of rotatable bonds is 10. The first-order valence-corrected chi connectivity index (χ1v) is 18.1. The largest absolute Gasteiger partial charge is 0.311 e. The maximum Gasteiger partial charge on any atom is 0.100 e. The molecule has 0 saturated carbocycles. The molecule has 0 amide bonds. The summed E-state index contributed by atoms with van der Waals surface area (Å²) in [5.74, 6) is 0. The van der Waals surface area contributed by atoms with Crippen LogP contribution in [0.5, 0.6) is 0 Å². The molecular formula is C51H37N3. The van der Waals surface area contributed by atoms with Crippen molar-refractivity contribution >= 4 is 69.2 Å². The minimum atomic E-state index is 0.673. The van der Waals surface area contributed by atoms with E-state index < -0.39 is 0 Å². The zero-order valence-electron chi connectivity index (χ0n) is 29.7. The second-order valence-corrected chi connectivity index (χ2v) is 13.0. The van der Waals surface area contributed by atoms with Crippen molar-refractivity contribution in [3.8, 4) is 6.07 Å². The van der Waals surface area contributed by atoms with Crippen molar-refractivity contribution in [1.82, 2.24) is 0 Å². The van der Waals surface area contributed by atoms with Gasteiger partial charge in [0.25, 0.3) is 0 Å². The molecule has 0 aromatic heterocycles. The van der Waals surface area contributed by atoms with Gasteiger partial charge in [0, 0.05) is 39.5 Å². The molecule has 8 rings (SSSR count). The average molecular weight is 692 g/mol. The highest BCUT2D eigenvalue weighted by atomic mass is 15.1. The van der Waals surface area contributed by atoms with Crippen molar-refractivity contribution in [2.45, 2.75) is 0 Å². The Kier molecular flexibility index (Phi) is 9.91. The van der Waals surface area contributed by atoms with Crippen LogP contribution in [0.25, 0.3) is 35.1 Å². The third kappa shape index (κ3) is 7.46. The Morgan fingerprint density at radius 1 is 0.352 bits per heavy atom. The average Bonchev–Trinajstić information content (AvgIpc) is 3.24. The number of anilines is 6. The lowest BCUT2D eigenvalue weighted by Crippen LogP contribution is -2.09. The molecule has 0 radical (unpaired) electrons. The third-order valence-corrected chi connectivity index (χ3v) is 9.47. The number of hydrogen-bond donors (Lipinski definition) is 0. The van der Waals surface area contributed by atoms with Crippen LogP contribution in [0.2, 0.25) is 0 Å². The van der Waals surface area contributed by atoms with E-state index in [0.29, 0.717) is 5.56 Å². The lowest BCUT2D eigenvalue weighted by molar-refractivity contribution is 1.28. The molecule has 54 heavy (non-hydrogen) atoms. The lowest BCUT2D eigenvalue weighted by Gasteiger charge is -2.25. The van der Waals surface area contributed by atoms with E-state index in [1.165, 1.54) is 0 Å². The van der Waals surface area contributed by atoms with Crippen LogP contribution >= 0.6 is 0 Å². The SMILES string of the molecule is N#Cc1c(/C=C\c2ccc(N(c3ccccc3)c3ccccc3)cc2)ccc2cc(/C=C/c3ccc(N(c4ccccc4)c4ccccc4)cc3)ccc12. The minimum Gasteiger partial charge on any atom is -0.311 e. The highest BCUT2D eigenvalue weighted by Crippen LogP contribution is 2.36. The molecule has 0 N–H and O–H groups in total. The Balaban J connectivity index is 0.993. The highest BCUT2D eigenvalue weighted by Gasteiger charge is 2.13. The molecule has 0 bridgehead atoms. The summed E-state index contributed by atoms with van der Waals surface area (Å²) in [5.41, 5.74) is 11.4. The first kappa shape index (κ1) is 33.7. The summed E-state index contributed by atoms with van der Waals surface area (Å²) in [7, 11) is 0. The van der Waals surface area contributed by atoms with Gasteiger partial charge in [-0.1, -0.05) is 146 Å². The maximum atomic E-state index is 10.2. The monoisotopic (exact) mass is 691 g/mol. The fourth-order valence-electron chi connectivity index (χ4n) is 6.78. The number of fused-ring (bicyclic) bond motifs is 1. The van der Waals surface area contributed by atoms with E-state index >= 15 is 0 Å². The molecule has 256 valence electrons. The zero-order chi connectivity index (χ0) is 36.5. The lowest BCUT2D eigenvalue weighted by atomic mass is 9.97. The molecule has 0 fully saturated rings. The first-order chi connectivity index (χ1) is 26.7. The van der Waals surface area contributed by atoms with Crippen LogP contribution in [0.3, 0.4) is 0 Å². The van der Waals surface area contributed by atoms with E-state index in [0.717, 1.165) is 67.2 Å².